The minimum Gasteiger partial charge on any atom is -0.384 e. The molecular formula is C16H15N3. The lowest BCUT2D eigenvalue weighted by Crippen LogP contribution is -2.01. The number of anilines is 1. The molecule has 3 rings (SSSR count). The average molecular weight is 249 g/mol. The number of benzene rings is 1. The molecule has 0 unspecified atom stereocenters. The Balaban J connectivity index is 2.02. The molecule has 1 aromatic heterocycles. The van der Waals surface area contributed by atoms with Crippen LogP contribution in [-0.2, 0) is 12.8 Å². The lowest BCUT2D eigenvalue weighted by Gasteiger charge is -2.14. The van der Waals surface area contributed by atoms with E-state index in [4.69, 9.17) is 5.73 Å². The SMILES string of the molecule is N#Cc1c(N)[nH]c2c1C(Cc1ccccc1)=CCC2. The number of H-pyrrole nitrogens is 1. The lowest BCUT2D eigenvalue weighted by atomic mass is 9.89. The number of allylic oxidation sites excluding steroid dienone is 2. The van der Waals surface area contributed by atoms with Gasteiger partial charge in [0.25, 0.3) is 0 Å². The molecule has 3 heteroatoms. The number of aromatic amines is 1. The van der Waals surface area contributed by atoms with Crippen molar-refractivity contribution >= 4 is 11.4 Å². The van der Waals surface area contributed by atoms with Gasteiger partial charge in [-0.3, -0.25) is 0 Å². The second-order valence-corrected chi connectivity index (χ2v) is 4.81. The van der Waals surface area contributed by atoms with Gasteiger partial charge in [0.1, 0.15) is 17.5 Å². The molecule has 1 heterocycles. The topological polar surface area (TPSA) is 65.6 Å². The number of nitrogens with one attached hydrogen (secondary N) is 1. The second-order valence-electron chi connectivity index (χ2n) is 4.81. The third-order valence-electron chi connectivity index (χ3n) is 3.56. The van der Waals surface area contributed by atoms with Crippen LogP contribution in [0.5, 0.6) is 0 Å². The van der Waals surface area contributed by atoms with Gasteiger partial charge < -0.3 is 10.7 Å². The number of nitrogen functional groups attached to an aromatic ring is 1. The maximum Gasteiger partial charge on any atom is 0.119 e. The van der Waals surface area contributed by atoms with Crippen LogP contribution >= 0.6 is 0 Å². The van der Waals surface area contributed by atoms with E-state index in [2.05, 4.69) is 29.3 Å². The third kappa shape index (κ3) is 2.02. The summed E-state index contributed by atoms with van der Waals surface area (Å²) in [7, 11) is 0. The maximum absolute atomic E-state index is 9.27. The highest BCUT2D eigenvalue weighted by Gasteiger charge is 2.21. The number of hydrogen-bond donors (Lipinski definition) is 2. The highest BCUT2D eigenvalue weighted by Crippen LogP contribution is 2.34. The van der Waals surface area contributed by atoms with Crippen LogP contribution in [-0.4, -0.2) is 4.98 Å². The van der Waals surface area contributed by atoms with Crippen LogP contribution < -0.4 is 5.73 Å². The van der Waals surface area contributed by atoms with E-state index in [9.17, 15) is 5.26 Å². The molecule has 1 aliphatic rings. The number of aromatic nitrogens is 1. The van der Waals surface area contributed by atoms with Gasteiger partial charge in [-0.1, -0.05) is 36.4 Å². The molecule has 0 bridgehead atoms. The predicted octanol–water partition coefficient (Wildman–Crippen LogP) is 3.04. The van der Waals surface area contributed by atoms with Gasteiger partial charge in [-0.15, -0.1) is 0 Å². The molecule has 0 saturated carbocycles. The van der Waals surface area contributed by atoms with Gasteiger partial charge in [-0.2, -0.15) is 5.26 Å². The minimum atomic E-state index is 0.494. The fourth-order valence-corrected chi connectivity index (χ4v) is 2.70. The van der Waals surface area contributed by atoms with E-state index >= 15 is 0 Å². The Morgan fingerprint density at radius 2 is 2.05 bits per heavy atom. The summed E-state index contributed by atoms with van der Waals surface area (Å²) in [6, 6.07) is 12.5. The van der Waals surface area contributed by atoms with Gasteiger partial charge in [-0.05, 0) is 30.4 Å². The first-order chi connectivity index (χ1) is 9.29. The molecule has 3 N–H and O–H groups in total. The quantitative estimate of drug-likeness (QED) is 0.859. The van der Waals surface area contributed by atoms with Crippen LogP contribution in [0.25, 0.3) is 5.57 Å². The summed E-state index contributed by atoms with van der Waals surface area (Å²) in [4.78, 5) is 3.15. The van der Waals surface area contributed by atoms with E-state index in [0.717, 1.165) is 30.5 Å². The van der Waals surface area contributed by atoms with Crippen molar-refractivity contribution in [3.05, 3.63) is 58.8 Å². The van der Waals surface area contributed by atoms with Crippen molar-refractivity contribution in [3.8, 4) is 6.07 Å². The van der Waals surface area contributed by atoms with Crippen LogP contribution in [0.15, 0.2) is 36.4 Å². The number of nitrogens with two attached hydrogens (primary N) is 1. The van der Waals surface area contributed by atoms with Crippen molar-refractivity contribution < 1.29 is 0 Å². The number of nitrogens with zero attached hydrogens (tertiary/aromatic N) is 1. The van der Waals surface area contributed by atoms with Crippen LogP contribution in [0, 0.1) is 11.3 Å². The van der Waals surface area contributed by atoms with E-state index in [1.54, 1.807) is 0 Å². The van der Waals surface area contributed by atoms with E-state index in [1.807, 2.05) is 18.2 Å². The Labute approximate surface area is 112 Å². The Morgan fingerprint density at radius 1 is 1.26 bits per heavy atom. The van der Waals surface area contributed by atoms with Gasteiger partial charge in [0.05, 0.1) is 0 Å². The molecule has 0 fully saturated rings. The van der Waals surface area contributed by atoms with Gasteiger partial charge in [-0.25, -0.2) is 0 Å². The first kappa shape index (κ1) is 11.6. The highest BCUT2D eigenvalue weighted by atomic mass is 14.9. The normalized spacial score (nSPS) is 13.5. The molecule has 0 aliphatic heterocycles. The van der Waals surface area contributed by atoms with Crippen LogP contribution in [0.3, 0.4) is 0 Å². The van der Waals surface area contributed by atoms with Crippen molar-refractivity contribution in [2.75, 3.05) is 5.73 Å². The van der Waals surface area contributed by atoms with E-state index in [0.29, 0.717) is 11.4 Å². The van der Waals surface area contributed by atoms with E-state index in [-0.39, 0.29) is 0 Å². The molecule has 19 heavy (non-hydrogen) atoms. The molecule has 0 atom stereocenters. The summed E-state index contributed by atoms with van der Waals surface area (Å²) in [5, 5.41) is 9.27. The zero-order valence-electron chi connectivity index (χ0n) is 10.6. The van der Waals surface area contributed by atoms with Crippen LogP contribution in [0.4, 0.5) is 5.82 Å². The van der Waals surface area contributed by atoms with Crippen LogP contribution in [0.2, 0.25) is 0 Å². The summed E-state index contributed by atoms with van der Waals surface area (Å²) in [6.45, 7) is 0. The van der Waals surface area contributed by atoms with Crippen molar-refractivity contribution in [1.82, 2.24) is 4.98 Å². The van der Waals surface area contributed by atoms with Crippen molar-refractivity contribution in [3.63, 3.8) is 0 Å². The van der Waals surface area contributed by atoms with Crippen molar-refractivity contribution in [2.24, 2.45) is 0 Å². The molecule has 2 aromatic rings. The number of hydrogen-bond acceptors (Lipinski definition) is 2. The number of fused-ring (bicyclic) bond motifs is 1. The van der Waals surface area contributed by atoms with Crippen molar-refractivity contribution in [1.29, 1.82) is 5.26 Å². The molecule has 3 nitrogen and oxygen atoms in total. The molecule has 1 aliphatic carbocycles. The molecule has 0 radical (unpaired) electrons. The lowest BCUT2D eigenvalue weighted by molar-refractivity contribution is 0.932. The Hall–Kier alpha value is -2.47. The molecule has 0 spiro atoms. The summed E-state index contributed by atoms with van der Waals surface area (Å²) in [6.07, 6.45) is 5.00. The largest absolute Gasteiger partial charge is 0.384 e. The summed E-state index contributed by atoms with van der Waals surface area (Å²) in [5.74, 6) is 0.494. The zero-order valence-corrected chi connectivity index (χ0v) is 10.6. The zero-order chi connectivity index (χ0) is 13.2. The smallest absolute Gasteiger partial charge is 0.119 e. The molecular weight excluding hydrogens is 234 g/mol. The summed E-state index contributed by atoms with van der Waals surface area (Å²) >= 11 is 0. The van der Waals surface area contributed by atoms with Gasteiger partial charge >= 0.3 is 0 Å². The fourth-order valence-electron chi connectivity index (χ4n) is 2.70. The van der Waals surface area contributed by atoms with E-state index in [1.165, 1.54) is 11.1 Å². The first-order valence-electron chi connectivity index (χ1n) is 6.43. The predicted molar refractivity (Wildman–Crippen MR) is 76.4 cm³/mol. The average Bonchev–Trinajstić information content (AvgIpc) is 2.76. The second kappa shape index (κ2) is 4.66. The summed E-state index contributed by atoms with van der Waals surface area (Å²) < 4.78 is 0. The van der Waals surface area contributed by atoms with Gasteiger partial charge in [0.2, 0.25) is 0 Å². The third-order valence-corrected chi connectivity index (χ3v) is 3.56. The molecule has 0 saturated heterocycles. The summed E-state index contributed by atoms with van der Waals surface area (Å²) in [5.41, 5.74) is 11.1. The monoisotopic (exact) mass is 249 g/mol. The number of aryl methyl sites for hydroxylation is 1. The van der Waals surface area contributed by atoms with Crippen LogP contribution in [0.1, 0.15) is 28.8 Å². The van der Waals surface area contributed by atoms with Gasteiger partial charge in [0.15, 0.2) is 0 Å². The van der Waals surface area contributed by atoms with Crippen molar-refractivity contribution in [2.45, 2.75) is 19.3 Å². The number of nitriles is 1. The molecule has 0 amide bonds. The molecule has 1 aromatic carbocycles. The Kier molecular flexibility index (Phi) is 2.85. The van der Waals surface area contributed by atoms with E-state index < -0.39 is 0 Å². The highest BCUT2D eigenvalue weighted by molar-refractivity contribution is 5.79. The van der Waals surface area contributed by atoms with Gasteiger partial charge in [0, 0.05) is 11.3 Å². The molecule has 94 valence electrons. The Morgan fingerprint density at radius 3 is 2.79 bits per heavy atom. The Bertz CT molecular complexity index is 672. The maximum atomic E-state index is 9.27. The standard InChI is InChI=1S/C16H15N3/c17-10-13-15-12(9-11-5-2-1-3-6-11)7-4-8-14(15)19-16(13)18/h1-3,5-7,19H,4,8-9,18H2. The fraction of sp³-hybridized carbons (Fsp3) is 0.188. The number of rotatable bonds is 2. The first-order valence-corrected chi connectivity index (χ1v) is 6.43. The minimum absolute atomic E-state index is 0.494.